The van der Waals surface area contributed by atoms with Gasteiger partial charge in [-0.15, -0.1) is 0 Å². The second kappa shape index (κ2) is 13.0. The Labute approximate surface area is 181 Å². The Morgan fingerprint density at radius 1 is 1.03 bits per heavy atom. The third-order valence-corrected chi connectivity index (χ3v) is 5.48. The van der Waals surface area contributed by atoms with Crippen molar-refractivity contribution < 1.29 is 14.3 Å². The number of hydrogen-bond acceptors (Lipinski definition) is 4. The van der Waals surface area contributed by atoms with Gasteiger partial charge in [-0.25, -0.2) is 0 Å². The lowest BCUT2D eigenvalue weighted by Gasteiger charge is -2.29. The Balaban J connectivity index is 1.73. The fourth-order valence-corrected chi connectivity index (χ4v) is 3.68. The van der Waals surface area contributed by atoms with Crippen molar-refractivity contribution in [3.8, 4) is 11.5 Å². The number of unbranched alkanes of at least 4 members (excludes halogenated alkanes) is 3. The Morgan fingerprint density at radius 3 is 2.33 bits per heavy atom. The number of hydrogen-bond donors (Lipinski definition) is 2. The van der Waals surface area contributed by atoms with Crippen molar-refractivity contribution in [1.29, 1.82) is 0 Å². The zero-order valence-corrected chi connectivity index (χ0v) is 19.1. The smallest absolute Gasteiger partial charge is 0.222 e. The minimum Gasteiger partial charge on any atom is -0.493 e. The first-order chi connectivity index (χ1) is 14.6. The van der Waals surface area contributed by atoms with Crippen LogP contribution in [0, 0.1) is 0 Å². The number of benzene rings is 1. The van der Waals surface area contributed by atoms with Gasteiger partial charge in [-0.1, -0.05) is 26.2 Å². The van der Waals surface area contributed by atoms with Crippen LogP contribution in [0.25, 0.3) is 0 Å². The molecule has 0 unspecified atom stereocenters. The van der Waals surface area contributed by atoms with Crippen molar-refractivity contribution in [2.24, 2.45) is 4.99 Å². The number of nitrogens with one attached hydrogen (secondary N) is 2. The van der Waals surface area contributed by atoms with Gasteiger partial charge in [0, 0.05) is 39.6 Å². The zero-order valence-electron chi connectivity index (χ0n) is 19.1. The molecule has 0 bridgehead atoms. The highest BCUT2D eigenvalue weighted by molar-refractivity contribution is 5.80. The number of aliphatic imine (C=N–C) groups is 1. The van der Waals surface area contributed by atoms with E-state index in [-0.39, 0.29) is 5.91 Å². The quantitative estimate of drug-likeness (QED) is 0.328. The summed E-state index contributed by atoms with van der Waals surface area (Å²) in [6.45, 7) is 5.25. The summed E-state index contributed by atoms with van der Waals surface area (Å²) in [5.74, 6) is 2.46. The lowest BCUT2D eigenvalue weighted by atomic mass is 9.98. The van der Waals surface area contributed by atoms with E-state index in [1.807, 2.05) is 17.0 Å². The SMILES string of the molecule is CCCCCCNC(=NC)NCCCC(=O)N1CCc2cc(OC)c(OC)cc2C1. The summed E-state index contributed by atoms with van der Waals surface area (Å²) < 4.78 is 10.8. The maximum atomic E-state index is 12.7. The molecule has 1 aromatic rings. The molecule has 2 rings (SSSR count). The summed E-state index contributed by atoms with van der Waals surface area (Å²) in [5, 5.41) is 6.63. The number of guanidine groups is 1. The van der Waals surface area contributed by atoms with E-state index in [0.29, 0.717) is 18.7 Å². The van der Waals surface area contributed by atoms with Crippen LogP contribution < -0.4 is 20.1 Å². The zero-order chi connectivity index (χ0) is 21.8. The molecule has 1 aliphatic heterocycles. The first-order valence-electron chi connectivity index (χ1n) is 11.1. The van der Waals surface area contributed by atoms with E-state index in [1.54, 1.807) is 21.3 Å². The molecule has 1 aliphatic rings. The highest BCUT2D eigenvalue weighted by atomic mass is 16.5. The van der Waals surface area contributed by atoms with Crippen molar-refractivity contribution in [3.63, 3.8) is 0 Å². The molecule has 1 heterocycles. The molecule has 0 radical (unpaired) electrons. The molecule has 30 heavy (non-hydrogen) atoms. The number of fused-ring (bicyclic) bond motifs is 1. The topological polar surface area (TPSA) is 75.2 Å². The van der Waals surface area contributed by atoms with Crippen LogP contribution in [0.1, 0.15) is 56.6 Å². The standard InChI is InChI=1S/C23H38N4O3/c1-5-6-7-8-12-25-23(24-2)26-13-9-10-22(28)27-14-11-18-15-20(29-3)21(30-4)16-19(18)17-27/h15-16H,5-14,17H2,1-4H3,(H2,24,25,26). The van der Waals surface area contributed by atoms with Crippen molar-refractivity contribution in [1.82, 2.24) is 15.5 Å². The molecule has 0 atom stereocenters. The van der Waals surface area contributed by atoms with Gasteiger partial charge >= 0.3 is 0 Å². The van der Waals surface area contributed by atoms with E-state index in [4.69, 9.17) is 9.47 Å². The van der Waals surface area contributed by atoms with E-state index in [0.717, 1.165) is 56.2 Å². The predicted molar refractivity (Wildman–Crippen MR) is 121 cm³/mol. The summed E-state index contributed by atoms with van der Waals surface area (Å²) >= 11 is 0. The summed E-state index contributed by atoms with van der Waals surface area (Å²) in [4.78, 5) is 18.9. The summed E-state index contributed by atoms with van der Waals surface area (Å²) in [6, 6.07) is 4.02. The Bertz CT molecular complexity index is 706. The second-order valence-electron chi connectivity index (χ2n) is 7.63. The number of amides is 1. The first-order valence-corrected chi connectivity index (χ1v) is 11.1. The van der Waals surface area contributed by atoms with Crippen molar-refractivity contribution in [2.45, 2.75) is 58.4 Å². The molecule has 2 N–H and O–H groups in total. The molecule has 7 nitrogen and oxygen atoms in total. The van der Waals surface area contributed by atoms with Crippen LogP contribution in [-0.2, 0) is 17.8 Å². The molecule has 0 fully saturated rings. The second-order valence-corrected chi connectivity index (χ2v) is 7.63. The van der Waals surface area contributed by atoms with Gasteiger partial charge in [0.05, 0.1) is 14.2 Å². The van der Waals surface area contributed by atoms with Crippen LogP contribution in [0.3, 0.4) is 0 Å². The van der Waals surface area contributed by atoms with E-state index < -0.39 is 0 Å². The molecule has 1 amide bonds. The van der Waals surface area contributed by atoms with Gasteiger partial charge in [0.2, 0.25) is 5.91 Å². The molecule has 0 spiro atoms. The van der Waals surface area contributed by atoms with E-state index in [2.05, 4.69) is 22.5 Å². The van der Waals surface area contributed by atoms with Crippen LogP contribution in [0.15, 0.2) is 17.1 Å². The minimum absolute atomic E-state index is 0.194. The van der Waals surface area contributed by atoms with Crippen LogP contribution >= 0.6 is 0 Å². The van der Waals surface area contributed by atoms with Gasteiger partial charge in [0.25, 0.3) is 0 Å². The van der Waals surface area contributed by atoms with Crippen molar-refractivity contribution in [3.05, 3.63) is 23.3 Å². The average molecular weight is 419 g/mol. The lowest BCUT2D eigenvalue weighted by molar-refractivity contribution is -0.132. The highest BCUT2D eigenvalue weighted by Gasteiger charge is 2.22. The fraction of sp³-hybridized carbons (Fsp3) is 0.652. The van der Waals surface area contributed by atoms with E-state index >= 15 is 0 Å². The van der Waals surface area contributed by atoms with Crippen LogP contribution in [0.5, 0.6) is 11.5 Å². The fourth-order valence-electron chi connectivity index (χ4n) is 3.68. The molecule has 0 aromatic heterocycles. The van der Waals surface area contributed by atoms with Gasteiger partial charge in [-0.05, 0) is 42.5 Å². The number of ether oxygens (including phenoxy) is 2. The molecule has 0 saturated heterocycles. The Kier molecular flexibility index (Phi) is 10.3. The minimum atomic E-state index is 0.194. The Morgan fingerprint density at radius 2 is 1.70 bits per heavy atom. The molecule has 0 aliphatic carbocycles. The van der Waals surface area contributed by atoms with Crippen LogP contribution in [0.2, 0.25) is 0 Å². The first kappa shape index (κ1) is 23.8. The number of carbonyl (C=O) groups is 1. The molecule has 168 valence electrons. The average Bonchev–Trinajstić information content (AvgIpc) is 2.78. The highest BCUT2D eigenvalue weighted by Crippen LogP contribution is 2.33. The lowest BCUT2D eigenvalue weighted by Crippen LogP contribution is -2.39. The third kappa shape index (κ3) is 7.11. The van der Waals surface area contributed by atoms with Gasteiger partial charge in [0.1, 0.15) is 0 Å². The molecule has 0 saturated carbocycles. The summed E-state index contributed by atoms with van der Waals surface area (Å²) in [6.07, 6.45) is 7.07. The normalized spacial score (nSPS) is 13.6. The largest absolute Gasteiger partial charge is 0.493 e. The van der Waals surface area contributed by atoms with Crippen molar-refractivity contribution >= 4 is 11.9 Å². The van der Waals surface area contributed by atoms with Gasteiger partial charge in [-0.2, -0.15) is 0 Å². The predicted octanol–water partition coefficient (Wildman–Crippen LogP) is 3.11. The number of carbonyl (C=O) groups excluding carboxylic acids is 1. The molecule has 1 aromatic carbocycles. The summed E-state index contributed by atoms with van der Waals surface area (Å²) in [7, 11) is 5.06. The maximum Gasteiger partial charge on any atom is 0.222 e. The third-order valence-electron chi connectivity index (χ3n) is 5.48. The van der Waals surface area contributed by atoms with Crippen molar-refractivity contribution in [2.75, 3.05) is 40.9 Å². The summed E-state index contributed by atoms with van der Waals surface area (Å²) in [5.41, 5.74) is 2.37. The van der Waals surface area contributed by atoms with Gasteiger partial charge in [-0.3, -0.25) is 9.79 Å². The van der Waals surface area contributed by atoms with Crippen LogP contribution in [-0.4, -0.2) is 57.7 Å². The monoisotopic (exact) mass is 418 g/mol. The van der Waals surface area contributed by atoms with E-state index in [1.165, 1.54) is 24.8 Å². The number of rotatable bonds is 11. The van der Waals surface area contributed by atoms with Crippen LogP contribution in [0.4, 0.5) is 0 Å². The van der Waals surface area contributed by atoms with E-state index in [9.17, 15) is 4.79 Å². The number of nitrogens with zero attached hydrogens (tertiary/aromatic N) is 2. The molecular weight excluding hydrogens is 380 g/mol. The maximum absolute atomic E-state index is 12.7. The van der Waals surface area contributed by atoms with Gasteiger partial charge in [0.15, 0.2) is 17.5 Å². The Hall–Kier alpha value is -2.44. The molecular formula is C23H38N4O3. The number of methoxy groups -OCH3 is 2. The van der Waals surface area contributed by atoms with Gasteiger partial charge < -0.3 is 25.0 Å². The molecule has 7 heteroatoms.